The second-order valence-electron chi connectivity index (χ2n) is 5.36. The summed E-state index contributed by atoms with van der Waals surface area (Å²) in [5, 5.41) is 5.71. The molecule has 0 spiro atoms. The van der Waals surface area contributed by atoms with Gasteiger partial charge < -0.3 is 15.1 Å². The van der Waals surface area contributed by atoms with Crippen molar-refractivity contribution in [2.24, 2.45) is 0 Å². The van der Waals surface area contributed by atoms with Crippen LogP contribution in [0.1, 0.15) is 24.9 Å². The highest BCUT2D eigenvalue weighted by Gasteiger charge is 2.13. The van der Waals surface area contributed by atoms with Gasteiger partial charge in [0.15, 0.2) is 0 Å². The van der Waals surface area contributed by atoms with Crippen molar-refractivity contribution in [3.8, 4) is 0 Å². The van der Waals surface area contributed by atoms with E-state index in [2.05, 4.69) is 40.5 Å². The van der Waals surface area contributed by atoms with Gasteiger partial charge in [0.05, 0.1) is 4.34 Å². The number of piperazine rings is 1. The van der Waals surface area contributed by atoms with Crippen LogP contribution in [0.15, 0.2) is 11.4 Å². The average molecular weight is 302 g/mol. The van der Waals surface area contributed by atoms with Gasteiger partial charge in [-0.3, -0.25) is 0 Å². The molecule has 1 aliphatic rings. The maximum absolute atomic E-state index is 5.96. The zero-order valence-electron chi connectivity index (χ0n) is 11.9. The zero-order valence-corrected chi connectivity index (χ0v) is 13.4. The smallest absolute Gasteiger partial charge is 0.0931 e. The molecular formula is C14H24ClN3S. The maximum Gasteiger partial charge on any atom is 0.0931 e. The zero-order chi connectivity index (χ0) is 13.7. The second-order valence-corrected chi connectivity index (χ2v) is 6.90. The molecule has 1 atom stereocenters. The van der Waals surface area contributed by atoms with Gasteiger partial charge in [-0.15, -0.1) is 11.3 Å². The lowest BCUT2D eigenvalue weighted by molar-refractivity contribution is 0.152. The Hall–Kier alpha value is -0.130. The van der Waals surface area contributed by atoms with E-state index in [0.29, 0.717) is 6.04 Å². The predicted octanol–water partition coefficient (Wildman–Crippen LogP) is 2.69. The molecule has 19 heavy (non-hydrogen) atoms. The summed E-state index contributed by atoms with van der Waals surface area (Å²) in [6, 6.07) is 2.46. The average Bonchev–Trinajstić information content (AvgIpc) is 2.83. The second kappa shape index (κ2) is 7.60. The number of rotatable bonds is 6. The Morgan fingerprint density at radius 3 is 2.74 bits per heavy atom. The summed E-state index contributed by atoms with van der Waals surface area (Å²) in [4.78, 5) is 4.96. The molecule has 0 amide bonds. The van der Waals surface area contributed by atoms with Crippen LogP contribution in [0, 0.1) is 0 Å². The number of nitrogens with one attached hydrogen (secondary N) is 1. The lowest BCUT2D eigenvalue weighted by Crippen LogP contribution is -2.45. The van der Waals surface area contributed by atoms with Crippen molar-refractivity contribution in [1.29, 1.82) is 0 Å². The molecule has 1 unspecified atom stereocenters. The predicted molar refractivity (Wildman–Crippen MR) is 84.3 cm³/mol. The van der Waals surface area contributed by atoms with Crippen molar-refractivity contribution in [3.63, 3.8) is 0 Å². The summed E-state index contributed by atoms with van der Waals surface area (Å²) >= 11 is 7.57. The van der Waals surface area contributed by atoms with E-state index in [1.165, 1.54) is 44.7 Å². The minimum absolute atomic E-state index is 0.399. The molecule has 0 aromatic carbocycles. The molecule has 0 bridgehead atoms. The molecule has 3 nitrogen and oxygen atoms in total. The van der Waals surface area contributed by atoms with Crippen LogP contribution in [0.4, 0.5) is 0 Å². The Kier molecular flexibility index (Phi) is 6.10. The van der Waals surface area contributed by atoms with E-state index in [-0.39, 0.29) is 0 Å². The quantitative estimate of drug-likeness (QED) is 0.815. The van der Waals surface area contributed by atoms with E-state index < -0.39 is 0 Å². The van der Waals surface area contributed by atoms with Crippen molar-refractivity contribution in [1.82, 2.24) is 15.1 Å². The van der Waals surface area contributed by atoms with Crippen LogP contribution in [-0.2, 0) is 0 Å². The minimum atomic E-state index is 0.399. The Morgan fingerprint density at radius 2 is 2.11 bits per heavy atom. The maximum atomic E-state index is 5.96. The molecule has 1 aromatic heterocycles. The molecule has 5 heteroatoms. The van der Waals surface area contributed by atoms with Crippen LogP contribution < -0.4 is 5.32 Å². The third-order valence-corrected chi connectivity index (χ3v) is 4.89. The standard InChI is InChI=1S/C14H24ClN3S/c1-12(13-10-14(15)19-11-13)16-4-3-5-18-8-6-17(2)7-9-18/h10-12,16H,3-9H2,1-2H3. The normalized spacial score (nSPS) is 19.7. The Morgan fingerprint density at radius 1 is 1.37 bits per heavy atom. The van der Waals surface area contributed by atoms with Gasteiger partial charge in [0, 0.05) is 32.2 Å². The number of nitrogens with zero attached hydrogens (tertiary/aromatic N) is 2. The van der Waals surface area contributed by atoms with Crippen LogP contribution in [0.3, 0.4) is 0 Å². The van der Waals surface area contributed by atoms with E-state index in [4.69, 9.17) is 11.6 Å². The summed E-state index contributed by atoms with van der Waals surface area (Å²) in [6.45, 7) is 9.32. The summed E-state index contributed by atoms with van der Waals surface area (Å²) in [5.74, 6) is 0. The van der Waals surface area contributed by atoms with Crippen molar-refractivity contribution in [2.75, 3.05) is 46.3 Å². The fourth-order valence-corrected chi connectivity index (χ4v) is 3.35. The first-order chi connectivity index (χ1) is 9.15. The topological polar surface area (TPSA) is 18.5 Å². The van der Waals surface area contributed by atoms with Gasteiger partial charge in [-0.1, -0.05) is 11.6 Å². The summed E-state index contributed by atoms with van der Waals surface area (Å²) in [6.07, 6.45) is 1.21. The first-order valence-electron chi connectivity index (χ1n) is 7.03. The lowest BCUT2D eigenvalue weighted by Gasteiger charge is -2.32. The number of thiophene rings is 1. The van der Waals surface area contributed by atoms with Gasteiger partial charge in [0.2, 0.25) is 0 Å². The number of hydrogen-bond donors (Lipinski definition) is 1. The molecule has 0 aliphatic carbocycles. The Labute approximate surface area is 125 Å². The van der Waals surface area contributed by atoms with Crippen molar-refractivity contribution < 1.29 is 0 Å². The van der Waals surface area contributed by atoms with Gasteiger partial charge >= 0.3 is 0 Å². The van der Waals surface area contributed by atoms with Gasteiger partial charge in [-0.25, -0.2) is 0 Å². The highest BCUT2D eigenvalue weighted by Crippen LogP contribution is 2.24. The van der Waals surface area contributed by atoms with Crippen LogP contribution >= 0.6 is 22.9 Å². The summed E-state index contributed by atoms with van der Waals surface area (Å²) in [7, 11) is 2.20. The lowest BCUT2D eigenvalue weighted by atomic mass is 10.2. The summed E-state index contributed by atoms with van der Waals surface area (Å²) in [5.41, 5.74) is 1.30. The fraction of sp³-hybridized carbons (Fsp3) is 0.714. The van der Waals surface area contributed by atoms with Gasteiger partial charge in [-0.05, 0) is 50.5 Å². The van der Waals surface area contributed by atoms with Crippen molar-refractivity contribution in [3.05, 3.63) is 21.3 Å². The van der Waals surface area contributed by atoms with E-state index in [0.717, 1.165) is 10.9 Å². The summed E-state index contributed by atoms with van der Waals surface area (Å²) < 4.78 is 0.876. The third kappa shape index (κ3) is 5.04. The number of hydrogen-bond acceptors (Lipinski definition) is 4. The third-order valence-electron chi connectivity index (χ3n) is 3.79. The molecule has 1 N–H and O–H groups in total. The van der Waals surface area contributed by atoms with E-state index in [9.17, 15) is 0 Å². The Balaban J connectivity index is 1.59. The Bertz CT molecular complexity index is 375. The van der Waals surface area contributed by atoms with Crippen LogP contribution in [0.5, 0.6) is 0 Å². The van der Waals surface area contributed by atoms with Gasteiger partial charge in [-0.2, -0.15) is 0 Å². The molecule has 0 radical (unpaired) electrons. The van der Waals surface area contributed by atoms with E-state index in [1.54, 1.807) is 11.3 Å². The minimum Gasteiger partial charge on any atom is -0.310 e. The molecular weight excluding hydrogens is 278 g/mol. The molecule has 2 heterocycles. The van der Waals surface area contributed by atoms with Gasteiger partial charge in [0.25, 0.3) is 0 Å². The SMILES string of the molecule is CC(NCCCN1CCN(C)CC1)c1csc(Cl)c1. The van der Waals surface area contributed by atoms with Crippen molar-refractivity contribution >= 4 is 22.9 Å². The molecule has 2 rings (SSSR count). The van der Waals surface area contributed by atoms with Crippen LogP contribution in [0.25, 0.3) is 0 Å². The number of likely N-dealkylation sites (N-methyl/N-ethyl adjacent to an activating group) is 1. The monoisotopic (exact) mass is 301 g/mol. The van der Waals surface area contributed by atoms with E-state index >= 15 is 0 Å². The fourth-order valence-electron chi connectivity index (χ4n) is 2.36. The first-order valence-corrected chi connectivity index (χ1v) is 8.29. The highest BCUT2D eigenvalue weighted by molar-refractivity contribution is 7.14. The highest BCUT2D eigenvalue weighted by atomic mass is 35.5. The molecule has 1 aliphatic heterocycles. The largest absolute Gasteiger partial charge is 0.310 e. The molecule has 1 fully saturated rings. The van der Waals surface area contributed by atoms with E-state index in [1.807, 2.05) is 0 Å². The van der Waals surface area contributed by atoms with Crippen LogP contribution in [0.2, 0.25) is 4.34 Å². The molecule has 1 aromatic rings. The van der Waals surface area contributed by atoms with Gasteiger partial charge in [0.1, 0.15) is 0 Å². The van der Waals surface area contributed by atoms with Crippen molar-refractivity contribution in [2.45, 2.75) is 19.4 Å². The molecule has 0 saturated carbocycles. The molecule has 1 saturated heterocycles. The van der Waals surface area contributed by atoms with Crippen LogP contribution in [-0.4, -0.2) is 56.1 Å². The number of halogens is 1. The first kappa shape index (κ1) is 15.3. The molecule has 108 valence electrons.